The van der Waals surface area contributed by atoms with E-state index in [1.54, 1.807) is 18.2 Å². The van der Waals surface area contributed by atoms with Crippen LogP contribution in [0.15, 0.2) is 65.6 Å². The number of hydrogen-bond donors (Lipinski definition) is 2. The number of anilines is 1. The molecule has 0 aliphatic rings. The molecule has 1 atom stereocenters. The Morgan fingerprint density at radius 2 is 1.91 bits per heavy atom. The molecule has 1 aromatic carbocycles. The maximum absolute atomic E-state index is 10.9. The van der Waals surface area contributed by atoms with E-state index < -0.39 is 14.6 Å². The van der Waals surface area contributed by atoms with Crippen LogP contribution in [0.25, 0.3) is 11.3 Å². The van der Waals surface area contributed by atoms with Gasteiger partial charge in [0.05, 0.1) is 18.1 Å². The molecule has 4 rings (SSSR count). The van der Waals surface area contributed by atoms with E-state index in [1.165, 1.54) is 21.9 Å². The number of nitrogen functional groups attached to an aromatic ring is 1. The molecule has 0 amide bonds. The van der Waals surface area contributed by atoms with Crippen molar-refractivity contribution in [2.24, 2.45) is 5.92 Å². The van der Waals surface area contributed by atoms with Crippen molar-refractivity contribution in [3.63, 3.8) is 0 Å². The van der Waals surface area contributed by atoms with E-state index in [9.17, 15) is 9.46 Å². The molecule has 0 fully saturated rings. The van der Waals surface area contributed by atoms with Gasteiger partial charge in [-0.2, -0.15) is 5.10 Å². The van der Waals surface area contributed by atoms with Gasteiger partial charge in [-0.15, -0.1) is 0 Å². The van der Waals surface area contributed by atoms with Gasteiger partial charge >= 0.3 is 0 Å². The Labute approximate surface area is 203 Å². The SMILES string of the molecule is CC(C)Cn1cc(Cc2ccc(Cc3cc(-c4ccc[n+](COP(=O)([O-])O)c4N)on3)cc2)cn1. The molecule has 0 radical (unpaired) electrons. The molecular weight excluding hydrogens is 469 g/mol. The third kappa shape index (κ3) is 6.86. The first kappa shape index (κ1) is 24.8. The van der Waals surface area contributed by atoms with E-state index in [1.807, 2.05) is 10.9 Å². The zero-order chi connectivity index (χ0) is 25.0. The highest BCUT2D eigenvalue weighted by Crippen LogP contribution is 2.30. The second-order valence-corrected chi connectivity index (χ2v) is 10.0. The largest absolute Gasteiger partial charge is 0.756 e. The molecule has 0 aliphatic carbocycles. The third-order valence-corrected chi connectivity index (χ3v) is 5.80. The Kier molecular flexibility index (Phi) is 7.47. The van der Waals surface area contributed by atoms with Crippen LogP contribution >= 0.6 is 7.82 Å². The van der Waals surface area contributed by atoms with Crippen molar-refractivity contribution in [1.82, 2.24) is 14.9 Å². The van der Waals surface area contributed by atoms with Crippen molar-refractivity contribution in [2.75, 3.05) is 5.73 Å². The second kappa shape index (κ2) is 10.5. The highest BCUT2D eigenvalue weighted by Gasteiger charge is 2.18. The Balaban J connectivity index is 1.40. The summed E-state index contributed by atoms with van der Waals surface area (Å²) < 4.78 is 24.1. The topological polar surface area (TPSA) is 143 Å². The number of pyridine rings is 1. The summed E-state index contributed by atoms with van der Waals surface area (Å²) in [7, 11) is -4.87. The minimum atomic E-state index is -4.87. The number of phosphoric ester groups is 1. The Bertz CT molecular complexity index is 1330. The minimum Gasteiger partial charge on any atom is -0.756 e. The number of aromatic nitrogens is 4. The molecule has 0 spiro atoms. The fourth-order valence-corrected chi connectivity index (χ4v) is 4.00. The Morgan fingerprint density at radius 1 is 1.20 bits per heavy atom. The van der Waals surface area contributed by atoms with Gasteiger partial charge in [-0.1, -0.05) is 43.3 Å². The van der Waals surface area contributed by atoms with Crippen LogP contribution in [0, 0.1) is 5.92 Å². The third-order valence-electron chi connectivity index (χ3n) is 5.35. The maximum Gasteiger partial charge on any atom is 0.285 e. The van der Waals surface area contributed by atoms with Crippen LogP contribution in [-0.4, -0.2) is 19.8 Å². The summed E-state index contributed by atoms with van der Waals surface area (Å²) in [6, 6.07) is 13.5. The zero-order valence-electron chi connectivity index (χ0n) is 19.6. The highest BCUT2D eigenvalue weighted by molar-refractivity contribution is 7.44. The van der Waals surface area contributed by atoms with Gasteiger partial charge in [-0.3, -0.25) is 19.5 Å². The van der Waals surface area contributed by atoms with E-state index in [0.717, 1.165) is 24.2 Å². The summed E-state index contributed by atoms with van der Waals surface area (Å²) in [5, 5.41) is 8.57. The molecule has 0 saturated carbocycles. The van der Waals surface area contributed by atoms with Gasteiger partial charge in [-0.25, -0.2) is 4.57 Å². The Morgan fingerprint density at radius 3 is 2.60 bits per heavy atom. The van der Waals surface area contributed by atoms with Crippen LogP contribution in [0.3, 0.4) is 0 Å². The normalized spacial score (nSPS) is 13.3. The average Bonchev–Trinajstić information content (AvgIpc) is 3.43. The summed E-state index contributed by atoms with van der Waals surface area (Å²) in [4.78, 5) is 19.7. The number of phosphoric acid groups is 1. The quantitative estimate of drug-likeness (QED) is 0.251. The first-order valence-electron chi connectivity index (χ1n) is 11.2. The predicted octanol–water partition coefficient (Wildman–Crippen LogP) is 2.68. The lowest BCUT2D eigenvalue weighted by molar-refractivity contribution is -0.712. The fraction of sp³-hybridized carbons (Fsp3) is 0.292. The van der Waals surface area contributed by atoms with Gasteiger partial charge in [0.25, 0.3) is 13.6 Å². The summed E-state index contributed by atoms with van der Waals surface area (Å²) in [5.74, 6) is 1.21. The molecule has 35 heavy (non-hydrogen) atoms. The molecular formula is C24H28N5O5P. The molecule has 0 bridgehead atoms. The lowest BCUT2D eigenvalue weighted by Crippen LogP contribution is -2.38. The highest BCUT2D eigenvalue weighted by atomic mass is 31.2. The van der Waals surface area contributed by atoms with E-state index in [4.69, 9.17) is 15.2 Å². The lowest BCUT2D eigenvalue weighted by Gasteiger charge is -2.14. The molecule has 3 heterocycles. The summed E-state index contributed by atoms with van der Waals surface area (Å²) in [6.07, 6.45) is 6.94. The minimum absolute atomic E-state index is 0.213. The van der Waals surface area contributed by atoms with Crippen molar-refractivity contribution in [2.45, 2.75) is 40.0 Å². The van der Waals surface area contributed by atoms with Crippen LogP contribution in [-0.2, 0) is 35.2 Å². The van der Waals surface area contributed by atoms with Gasteiger partial charge in [0.2, 0.25) is 0 Å². The lowest BCUT2D eigenvalue weighted by atomic mass is 10.0. The van der Waals surface area contributed by atoms with Crippen LogP contribution in [0.4, 0.5) is 5.82 Å². The summed E-state index contributed by atoms with van der Waals surface area (Å²) >= 11 is 0. The second-order valence-electron chi connectivity index (χ2n) is 8.82. The summed E-state index contributed by atoms with van der Waals surface area (Å²) in [5.41, 5.74) is 10.9. The van der Waals surface area contributed by atoms with Crippen molar-refractivity contribution in [1.29, 1.82) is 0 Å². The van der Waals surface area contributed by atoms with E-state index in [2.05, 4.69) is 59.1 Å². The monoisotopic (exact) mass is 497 g/mol. The average molecular weight is 497 g/mol. The van der Waals surface area contributed by atoms with Crippen molar-refractivity contribution < 1.29 is 28.0 Å². The smallest absolute Gasteiger partial charge is 0.285 e. The van der Waals surface area contributed by atoms with Crippen molar-refractivity contribution in [3.8, 4) is 11.3 Å². The fourth-order valence-electron chi connectivity index (χ4n) is 3.73. The predicted molar refractivity (Wildman–Crippen MR) is 127 cm³/mol. The van der Waals surface area contributed by atoms with Crippen LogP contribution in [0.2, 0.25) is 0 Å². The van der Waals surface area contributed by atoms with Crippen LogP contribution < -0.4 is 15.2 Å². The van der Waals surface area contributed by atoms with Gasteiger partial charge in [0, 0.05) is 31.6 Å². The Hall–Kier alpha value is -3.30. The molecule has 0 saturated heterocycles. The number of nitrogens with two attached hydrogens (primary N) is 1. The van der Waals surface area contributed by atoms with Crippen LogP contribution in [0.1, 0.15) is 36.2 Å². The molecule has 10 nitrogen and oxygen atoms in total. The molecule has 0 aliphatic heterocycles. The standard InChI is InChI=1S/C24H28N5O5P/c1-17(2)14-29-15-20(13-26-29)10-18-5-7-19(8-6-18)11-21-12-23(34-27-21)22-4-3-9-28(24(22)25)16-33-35(30,31)32/h3-9,12-13,15,17,25H,10-11,14,16H2,1-2H3,(H2,30,31,32). The maximum atomic E-state index is 10.9. The first-order chi connectivity index (χ1) is 16.7. The number of rotatable bonds is 10. The van der Waals surface area contributed by atoms with Gasteiger partial charge in [0.1, 0.15) is 5.56 Å². The number of hydrogen-bond acceptors (Lipinski definition) is 7. The molecule has 11 heteroatoms. The van der Waals surface area contributed by atoms with Gasteiger partial charge in [-0.05, 0) is 34.7 Å². The summed E-state index contributed by atoms with van der Waals surface area (Å²) in [6.45, 7) is 4.80. The van der Waals surface area contributed by atoms with E-state index in [0.29, 0.717) is 23.7 Å². The van der Waals surface area contributed by atoms with E-state index >= 15 is 0 Å². The van der Waals surface area contributed by atoms with Gasteiger partial charge in [0.15, 0.2) is 12.5 Å². The molecule has 3 aromatic heterocycles. The van der Waals surface area contributed by atoms with Crippen molar-refractivity contribution in [3.05, 3.63) is 83.4 Å². The molecule has 1 unspecified atom stereocenters. The van der Waals surface area contributed by atoms with E-state index in [-0.39, 0.29) is 5.82 Å². The zero-order valence-corrected chi connectivity index (χ0v) is 20.5. The molecule has 3 N–H and O–H groups in total. The number of benzene rings is 1. The van der Waals surface area contributed by atoms with Crippen molar-refractivity contribution >= 4 is 13.6 Å². The number of nitrogens with zero attached hydrogens (tertiary/aromatic N) is 4. The molecule has 184 valence electrons. The first-order valence-corrected chi connectivity index (χ1v) is 12.7. The van der Waals surface area contributed by atoms with Gasteiger partial charge < -0.3 is 14.3 Å². The molecule has 4 aromatic rings. The van der Waals surface area contributed by atoms with Crippen LogP contribution in [0.5, 0.6) is 0 Å².